The summed E-state index contributed by atoms with van der Waals surface area (Å²) in [7, 11) is 1.61. The van der Waals surface area contributed by atoms with Crippen LogP contribution >= 0.6 is 0 Å². The first-order valence-corrected chi connectivity index (χ1v) is 6.79. The van der Waals surface area contributed by atoms with E-state index < -0.39 is 5.91 Å². The van der Waals surface area contributed by atoms with Gasteiger partial charge in [0.2, 0.25) is 5.91 Å². The van der Waals surface area contributed by atoms with Crippen molar-refractivity contribution in [2.75, 3.05) is 19.0 Å². The van der Waals surface area contributed by atoms with Gasteiger partial charge in [-0.1, -0.05) is 0 Å². The maximum atomic E-state index is 11.3. The third kappa shape index (κ3) is 3.42. The van der Waals surface area contributed by atoms with E-state index in [4.69, 9.17) is 15.2 Å². The van der Waals surface area contributed by atoms with Crippen LogP contribution in [0.3, 0.4) is 0 Å². The first kappa shape index (κ1) is 14.7. The molecule has 110 valence electrons. The number of carbonyl (C=O) groups is 1. The second kappa shape index (κ2) is 5.71. The third-order valence-corrected chi connectivity index (χ3v) is 3.54. The van der Waals surface area contributed by atoms with E-state index in [1.54, 1.807) is 25.3 Å². The molecule has 0 saturated carbocycles. The highest BCUT2D eigenvalue weighted by molar-refractivity contribution is 5.94. The number of anilines is 1. The lowest BCUT2D eigenvalue weighted by Gasteiger charge is -2.36. The molecule has 1 fully saturated rings. The van der Waals surface area contributed by atoms with Crippen LogP contribution in [0.5, 0.6) is 5.75 Å². The molecule has 2 rings (SSSR count). The van der Waals surface area contributed by atoms with Crippen molar-refractivity contribution in [3.05, 3.63) is 23.8 Å². The lowest BCUT2D eigenvalue weighted by Crippen LogP contribution is -2.40. The number of ether oxygens (including phenoxy) is 2. The molecule has 20 heavy (non-hydrogen) atoms. The predicted octanol–water partition coefficient (Wildman–Crippen LogP) is 2.16. The Hall–Kier alpha value is -1.75. The van der Waals surface area contributed by atoms with Gasteiger partial charge in [-0.15, -0.1) is 0 Å². The monoisotopic (exact) mass is 278 g/mol. The van der Waals surface area contributed by atoms with Gasteiger partial charge < -0.3 is 20.5 Å². The van der Waals surface area contributed by atoms with Crippen molar-refractivity contribution < 1.29 is 14.3 Å². The highest BCUT2D eigenvalue weighted by atomic mass is 16.5. The van der Waals surface area contributed by atoms with Crippen LogP contribution in [0.4, 0.5) is 5.69 Å². The number of benzene rings is 1. The molecule has 0 aliphatic carbocycles. The van der Waals surface area contributed by atoms with Crippen molar-refractivity contribution in [2.45, 2.75) is 38.3 Å². The summed E-state index contributed by atoms with van der Waals surface area (Å²) in [6.45, 7) is 4.89. The first-order chi connectivity index (χ1) is 9.41. The second-order valence-corrected chi connectivity index (χ2v) is 5.72. The maximum Gasteiger partial charge on any atom is 0.248 e. The largest absolute Gasteiger partial charge is 0.495 e. The molecule has 5 heteroatoms. The molecule has 3 N–H and O–H groups in total. The third-order valence-electron chi connectivity index (χ3n) is 3.54. The van der Waals surface area contributed by atoms with Crippen LogP contribution in [0.25, 0.3) is 0 Å². The number of nitrogens with two attached hydrogens (primary N) is 1. The summed E-state index contributed by atoms with van der Waals surface area (Å²) in [6, 6.07) is 5.45. The highest BCUT2D eigenvalue weighted by Crippen LogP contribution is 2.31. The van der Waals surface area contributed by atoms with Crippen LogP contribution < -0.4 is 15.8 Å². The minimum atomic E-state index is -0.442. The summed E-state index contributed by atoms with van der Waals surface area (Å²) >= 11 is 0. The summed E-state index contributed by atoms with van der Waals surface area (Å²) in [6.07, 6.45) is 1.82. The van der Waals surface area contributed by atoms with Crippen LogP contribution in [0, 0.1) is 0 Å². The minimum absolute atomic E-state index is 0.134. The molecule has 0 aromatic heterocycles. The number of carbonyl (C=O) groups excluding carboxylic acids is 1. The van der Waals surface area contributed by atoms with Gasteiger partial charge in [0, 0.05) is 18.2 Å². The predicted molar refractivity (Wildman–Crippen MR) is 78.2 cm³/mol. The molecule has 0 spiro atoms. The zero-order valence-corrected chi connectivity index (χ0v) is 12.2. The SMILES string of the molecule is COc1ccc(C(N)=O)cc1NC1CCOC(C)(C)C1. The van der Waals surface area contributed by atoms with Crippen LogP contribution in [0.2, 0.25) is 0 Å². The zero-order valence-electron chi connectivity index (χ0n) is 12.2. The van der Waals surface area contributed by atoms with Gasteiger partial charge >= 0.3 is 0 Å². The highest BCUT2D eigenvalue weighted by Gasteiger charge is 2.29. The van der Waals surface area contributed by atoms with Crippen molar-refractivity contribution in [3.8, 4) is 5.75 Å². The van der Waals surface area contributed by atoms with E-state index in [-0.39, 0.29) is 11.6 Å². The molecular weight excluding hydrogens is 256 g/mol. The van der Waals surface area contributed by atoms with Gasteiger partial charge in [0.1, 0.15) is 5.75 Å². The van der Waals surface area contributed by atoms with Gasteiger partial charge in [0.15, 0.2) is 0 Å². The van der Waals surface area contributed by atoms with E-state index >= 15 is 0 Å². The molecule has 0 radical (unpaired) electrons. The fourth-order valence-corrected chi connectivity index (χ4v) is 2.55. The van der Waals surface area contributed by atoms with Gasteiger partial charge in [0.25, 0.3) is 0 Å². The fourth-order valence-electron chi connectivity index (χ4n) is 2.55. The van der Waals surface area contributed by atoms with Gasteiger partial charge in [-0.25, -0.2) is 0 Å². The van der Waals surface area contributed by atoms with Gasteiger partial charge in [-0.05, 0) is 44.9 Å². The smallest absolute Gasteiger partial charge is 0.248 e. The number of methoxy groups -OCH3 is 1. The summed E-state index contributed by atoms with van der Waals surface area (Å²) in [5.41, 5.74) is 6.46. The summed E-state index contributed by atoms with van der Waals surface area (Å²) in [5.74, 6) is 0.266. The lowest BCUT2D eigenvalue weighted by atomic mass is 9.93. The van der Waals surface area contributed by atoms with Crippen molar-refractivity contribution >= 4 is 11.6 Å². The van der Waals surface area contributed by atoms with Crippen LogP contribution in [-0.2, 0) is 4.74 Å². The zero-order chi connectivity index (χ0) is 14.8. The quantitative estimate of drug-likeness (QED) is 0.885. The number of nitrogens with one attached hydrogen (secondary N) is 1. The summed E-state index contributed by atoms with van der Waals surface area (Å²) in [5, 5.41) is 3.44. The first-order valence-electron chi connectivity index (χ1n) is 6.79. The van der Waals surface area contributed by atoms with Gasteiger partial charge in [-0.2, -0.15) is 0 Å². The number of rotatable bonds is 4. The molecule has 1 aromatic rings. The maximum absolute atomic E-state index is 11.3. The Labute approximate surface area is 119 Å². The van der Waals surface area contributed by atoms with Gasteiger partial charge in [-0.3, -0.25) is 4.79 Å². The fraction of sp³-hybridized carbons (Fsp3) is 0.533. The average Bonchev–Trinajstić information content (AvgIpc) is 2.37. The average molecular weight is 278 g/mol. The molecule has 1 saturated heterocycles. The Balaban J connectivity index is 2.18. The topological polar surface area (TPSA) is 73.6 Å². The number of hydrogen-bond donors (Lipinski definition) is 2. The minimum Gasteiger partial charge on any atom is -0.495 e. The molecule has 1 amide bonds. The van der Waals surface area contributed by atoms with Crippen LogP contribution in [0.1, 0.15) is 37.0 Å². The molecule has 1 unspecified atom stereocenters. The Morgan fingerprint density at radius 3 is 2.85 bits per heavy atom. The van der Waals surface area contributed by atoms with E-state index in [2.05, 4.69) is 19.2 Å². The van der Waals surface area contributed by atoms with Crippen molar-refractivity contribution in [2.24, 2.45) is 5.73 Å². The molecule has 1 heterocycles. The number of hydrogen-bond acceptors (Lipinski definition) is 4. The van der Waals surface area contributed by atoms with E-state index in [1.807, 2.05) is 0 Å². The summed E-state index contributed by atoms with van der Waals surface area (Å²) in [4.78, 5) is 11.3. The van der Waals surface area contributed by atoms with Crippen molar-refractivity contribution in [3.63, 3.8) is 0 Å². The van der Waals surface area contributed by atoms with Crippen molar-refractivity contribution in [1.29, 1.82) is 0 Å². The molecule has 5 nitrogen and oxygen atoms in total. The lowest BCUT2D eigenvalue weighted by molar-refractivity contribution is -0.0553. The molecule has 0 bridgehead atoms. The second-order valence-electron chi connectivity index (χ2n) is 5.72. The Bertz CT molecular complexity index is 500. The molecule has 1 aliphatic heterocycles. The number of primary amides is 1. The summed E-state index contributed by atoms with van der Waals surface area (Å²) < 4.78 is 11.0. The Kier molecular flexibility index (Phi) is 4.18. The van der Waals surface area contributed by atoms with Crippen LogP contribution in [0.15, 0.2) is 18.2 Å². The Morgan fingerprint density at radius 2 is 2.25 bits per heavy atom. The molecular formula is C15H22N2O3. The van der Waals surface area contributed by atoms with Crippen LogP contribution in [-0.4, -0.2) is 31.3 Å². The standard InChI is InChI=1S/C15H22N2O3/c1-15(2)9-11(6-7-20-15)17-12-8-10(14(16)18)4-5-13(12)19-3/h4-5,8,11,17H,6-7,9H2,1-3H3,(H2,16,18). The van der Waals surface area contributed by atoms with E-state index in [0.717, 1.165) is 25.1 Å². The van der Waals surface area contributed by atoms with Crippen molar-refractivity contribution in [1.82, 2.24) is 0 Å². The Morgan fingerprint density at radius 1 is 1.50 bits per heavy atom. The van der Waals surface area contributed by atoms with Gasteiger partial charge in [0.05, 0.1) is 18.4 Å². The molecule has 1 atom stereocenters. The van der Waals surface area contributed by atoms with E-state index in [9.17, 15) is 4.79 Å². The molecule has 1 aromatic carbocycles. The van der Waals surface area contributed by atoms with E-state index in [0.29, 0.717) is 11.3 Å². The van der Waals surface area contributed by atoms with E-state index in [1.165, 1.54) is 0 Å². The number of amides is 1. The molecule has 1 aliphatic rings. The normalized spacial score (nSPS) is 21.2.